The van der Waals surface area contributed by atoms with Gasteiger partial charge in [0.15, 0.2) is 0 Å². The molecule has 0 spiro atoms. The zero-order chi connectivity index (χ0) is 23.8. The smallest absolute Gasteiger partial charge is 0.241 e. The van der Waals surface area contributed by atoms with E-state index in [2.05, 4.69) is 35.9 Å². The van der Waals surface area contributed by atoms with Gasteiger partial charge in [-0.1, -0.05) is 53.1 Å². The van der Waals surface area contributed by atoms with Gasteiger partial charge in [0.05, 0.1) is 17.0 Å². The molecule has 2 atom stereocenters. The van der Waals surface area contributed by atoms with E-state index < -0.39 is 22.1 Å². The van der Waals surface area contributed by atoms with Crippen LogP contribution in [0.2, 0.25) is 0 Å². The molecule has 3 aromatic rings. The molecule has 0 fully saturated rings. The van der Waals surface area contributed by atoms with Gasteiger partial charge in [0.2, 0.25) is 10.0 Å². The maximum atomic E-state index is 13.4. The molecule has 4 nitrogen and oxygen atoms in total. The Balaban J connectivity index is 2.18. The van der Waals surface area contributed by atoms with Gasteiger partial charge in [-0.05, 0) is 94.0 Å². The number of nitrogens with two attached hydrogens (primary N) is 1. The first-order valence-electron chi connectivity index (χ1n) is 10.9. The number of hydrogen-bond acceptors (Lipinski definition) is 3. The molecule has 0 unspecified atom stereocenters. The van der Waals surface area contributed by atoms with Crippen LogP contribution in [-0.2, 0) is 10.0 Å². The van der Waals surface area contributed by atoms with E-state index in [4.69, 9.17) is 5.73 Å². The Hall–Kier alpha value is -2.47. The van der Waals surface area contributed by atoms with Crippen molar-refractivity contribution < 1.29 is 8.42 Å². The molecule has 0 radical (unpaired) electrons. The highest BCUT2D eigenvalue weighted by molar-refractivity contribution is 7.89. The summed E-state index contributed by atoms with van der Waals surface area (Å²) in [6.07, 6.45) is 0. The first-order valence-corrected chi connectivity index (χ1v) is 12.4. The minimum atomic E-state index is -3.78. The predicted octanol–water partition coefficient (Wildman–Crippen LogP) is 5.57. The van der Waals surface area contributed by atoms with Crippen LogP contribution in [0.15, 0.2) is 53.4 Å². The Morgan fingerprint density at radius 1 is 0.656 bits per heavy atom. The summed E-state index contributed by atoms with van der Waals surface area (Å²) in [5.74, 6) is 0. The maximum Gasteiger partial charge on any atom is 0.241 e. The highest BCUT2D eigenvalue weighted by Gasteiger charge is 2.31. The van der Waals surface area contributed by atoms with Gasteiger partial charge in [-0.2, -0.15) is 0 Å². The summed E-state index contributed by atoms with van der Waals surface area (Å²) in [7, 11) is -3.78. The number of nitrogens with one attached hydrogen (secondary N) is 1. The van der Waals surface area contributed by atoms with Crippen LogP contribution in [0.25, 0.3) is 0 Å². The van der Waals surface area contributed by atoms with Gasteiger partial charge in [-0.25, -0.2) is 13.1 Å². The molecule has 0 aromatic heterocycles. The molecule has 0 bridgehead atoms. The van der Waals surface area contributed by atoms with Crippen molar-refractivity contribution in [2.45, 2.75) is 65.4 Å². The second kappa shape index (κ2) is 9.18. The van der Waals surface area contributed by atoms with E-state index in [0.717, 1.165) is 50.1 Å². The average Bonchev–Trinajstić information content (AvgIpc) is 2.65. The molecule has 0 aliphatic heterocycles. The van der Waals surface area contributed by atoms with Crippen molar-refractivity contribution in [2.24, 2.45) is 5.73 Å². The molecule has 0 saturated carbocycles. The first kappa shape index (κ1) is 24.2. The number of rotatable bonds is 6. The zero-order valence-electron chi connectivity index (χ0n) is 20.1. The van der Waals surface area contributed by atoms with Crippen LogP contribution in [0.3, 0.4) is 0 Å². The standard InChI is InChI=1S/C27H34N2O2S/c1-16-8-10-23(11-9-16)32(30,31)29-27(25-21(6)14-18(3)15-22(25)7)26(28)24-19(4)12-17(2)13-20(24)5/h8-15,26-27,29H,28H2,1-7H3/t26-,27-/m0/s1. The van der Waals surface area contributed by atoms with E-state index in [9.17, 15) is 8.42 Å². The maximum absolute atomic E-state index is 13.4. The van der Waals surface area contributed by atoms with Crippen molar-refractivity contribution in [1.82, 2.24) is 4.72 Å². The van der Waals surface area contributed by atoms with Crippen LogP contribution >= 0.6 is 0 Å². The number of aryl methyl sites for hydroxylation is 7. The lowest BCUT2D eigenvalue weighted by molar-refractivity contribution is 0.498. The Bertz CT molecular complexity index is 1200. The van der Waals surface area contributed by atoms with Crippen molar-refractivity contribution in [1.29, 1.82) is 0 Å². The fraction of sp³-hybridized carbons (Fsp3) is 0.333. The van der Waals surface area contributed by atoms with Gasteiger partial charge in [-0.15, -0.1) is 0 Å². The number of benzene rings is 3. The summed E-state index contributed by atoms with van der Waals surface area (Å²) < 4.78 is 29.8. The lowest BCUT2D eigenvalue weighted by Gasteiger charge is -2.31. The highest BCUT2D eigenvalue weighted by Crippen LogP contribution is 2.36. The summed E-state index contributed by atoms with van der Waals surface area (Å²) in [4.78, 5) is 0.236. The first-order chi connectivity index (χ1) is 14.9. The van der Waals surface area contributed by atoms with Gasteiger partial charge in [0.1, 0.15) is 0 Å². The van der Waals surface area contributed by atoms with E-state index in [-0.39, 0.29) is 4.90 Å². The third-order valence-corrected chi connectivity index (χ3v) is 7.55. The van der Waals surface area contributed by atoms with Crippen LogP contribution in [0.5, 0.6) is 0 Å². The van der Waals surface area contributed by atoms with Crippen LogP contribution < -0.4 is 10.5 Å². The van der Waals surface area contributed by atoms with Crippen LogP contribution in [0.1, 0.15) is 62.2 Å². The molecule has 32 heavy (non-hydrogen) atoms. The molecule has 0 saturated heterocycles. The molecule has 3 aromatic carbocycles. The third-order valence-electron chi connectivity index (χ3n) is 6.09. The molecule has 0 heterocycles. The van der Waals surface area contributed by atoms with Crippen LogP contribution in [0, 0.1) is 48.5 Å². The Kier molecular flexibility index (Phi) is 6.94. The predicted molar refractivity (Wildman–Crippen MR) is 132 cm³/mol. The molecule has 0 aliphatic carbocycles. The largest absolute Gasteiger partial charge is 0.322 e. The van der Waals surface area contributed by atoms with Crippen LogP contribution in [0.4, 0.5) is 0 Å². The minimum absolute atomic E-state index is 0.236. The Morgan fingerprint density at radius 2 is 1.06 bits per heavy atom. The van der Waals surface area contributed by atoms with Crippen molar-refractivity contribution >= 4 is 10.0 Å². The molecule has 0 aliphatic rings. The molecule has 3 rings (SSSR count). The lowest BCUT2D eigenvalue weighted by Crippen LogP contribution is -2.37. The number of sulfonamides is 1. The lowest BCUT2D eigenvalue weighted by atomic mass is 9.84. The van der Waals surface area contributed by atoms with E-state index >= 15 is 0 Å². The third kappa shape index (κ3) is 4.96. The van der Waals surface area contributed by atoms with Crippen molar-refractivity contribution in [2.75, 3.05) is 0 Å². The van der Waals surface area contributed by atoms with E-state index in [1.54, 1.807) is 24.3 Å². The molecule has 170 valence electrons. The fourth-order valence-electron chi connectivity index (χ4n) is 4.83. The van der Waals surface area contributed by atoms with Crippen molar-refractivity contribution in [3.63, 3.8) is 0 Å². The molecular formula is C27H34N2O2S. The quantitative estimate of drug-likeness (QED) is 0.516. The van der Waals surface area contributed by atoms with E-state index in [1.807, 2.05) is 41.5 Å². The zero-order valence-corrected chi connectivity index (χ0v) is 20.9. The SMILES string of the molecule is Cc1ccc(S(=O)(=O)N[C@@H](c2c(C)cc(C)cc2C)[C@@H](N)c2c(C)cc(C)cc2C)cc1. The fourth-order valence-corrected chi connectivity index (χ4v) is 6.06. The summed E-state index contributed by atoms with van der Waals surface area (Å²) >= 11 is 0. The molecule has 0 amide bonds. The highest BCUT2D eigenvalue weighted by atomic mass is 32.2. The van der Waals surface area contributed by atoms with Gasteiger partial charge in [0, 0.05) is 0 Å². The normalized spacial score (nSPS) is 13.8. The Labute approximate surface area is 192 Å². The Morgan fingerprint density at radius 3 is 1.50 bits per heavy atom. The van der Waals surface area contributed by atoms with Gasteiger partial charge >= 0.3 is 0 Å². The summed E-state index contributed by atoms with van der Waals surface area (Å²) in [5, 5.41) is 0. The topological polar surface area (TPSA) is 72.2 Å². The minimum Gasteiger partial charge on any atom is -0.322 e. The molecule has 3 N–H and O–H groups in total. The molecular weight excluding hydrogens is 416 g/mol. The molecule has 5 heteroatoms. The second-order valence-electron chi connectivity index (χ2n) is 9.06. The van der Waals surface area contributed by atoms with Crippen LogP contribution in [-0.4, -0.2) is 8.42 Å². The van der Waals surface area contributed by atoms with Gasteiger partial charge < -0.3 is 5.73 Å². The summed E-state index contributed by atoms with van der Waals surface area (Å²) in [5.41, 5.74) is 16.3. The van der Waals surface area contributed by atoms with E-state index in [1.165, 1.54) is 0 Å². The van der Waals surface area contributed by atoms with Crippen molar-refractivity contribution in [3.05, 3.63) is 98.6 Å². The summed E-state index contributed by atoms with van der Waals surface area (Å²) in [6, 6.07) is 14.1. The monoisotopic (exact) mass is 450 g/mol. The second-order valence-corrected chi connectivity index (χ2v) is 10.8. The summed E-state index contributed by atoms with van der Waals surface area (Å²) in [6.45, 7) is 14.1. The van der Waals surface area contributed by atoms with Gasteiger partial charge in [0.25, 0.3) is 0 Å². The number of hydrogen-bond donors (Lipinski definition) is 2. The average molecular weight is 451 g/mol. The van der Waals surface area contributed by atoms with Crippen molar-refractivity contribution in [3.8, 4) is 0 Å². The van der Waals surface area contributed by atoms with Gasteiger partial charge in [-0.3, -0.25) is 0 Å². The van der Waals surface area contributed by atoms with E-state index in [0.29, 0.717) is 0 Å².